The minimum atomic E-state index is -0.0206. The normalized spacial score (nSPS) is 33.1. The van der Waals surface area contributed by atoms with Crippen LogP contribution in [0.15, 0.2) is 0 Å². The van der Waals surface area contributed by atoms with Gasteiger partial charge in [-0.05, 0) is 45.7 Å². The molecule has 0 spiro atoms. The molecule has 3 saturated heterocycles. The van der Waals surface area contributed by atoms with Crippen LogP contribution in [0.5, 0.6) is 0 Å². The summed E-state index contributed by atoms with van der Waals surface area (Å²) in [6.45, 7) is 8.22. The molecule has 0 aromatic rings. The van der Waals surface area contributed by atoms with Crippen molar-refractivity contribution in [3.63, 3.8) is 0 Å². The maximum atomic E-state index is 12.6. The summed E-state index contributed by atoms with van der Waals surface area (Å²) in [5, 5.41) is 6.77. The Morgan fingerprint density at radius 3 is 2.29 bits per heavy atom. The molecule has 21 heavy (non-hydrogen) atoms. The molecule has 3 fully saturated rings. The van der Waals surface area contributed by atoms with Crippen LogP contribution in [0, 0.1) is 0 Å². The van der Waals surface area contributed by atoms with E-state index in [-0.39, 0.29) is 6.04 Å². The van der Waals surface area contributed by atoms with E-state index < -0.39 is 0 Å². The van der Waals surface area contributed by atoms with Gasteiger partial charge >= 0.3 is 0 Å². The molecular formula is C16H30N4O. The monoisotopic (exact) mass is 294 g/mol. The van der Waals surface area contributed by atoms with E-state index in [9.17, 15) is 4.79 Å². The number of rotatable bonds is 2. The lowest BCUT2D eigenvalue weighted by Gasteiger charge is -2.41. The first kappa shape index (κ1) is 15.3. The largest absolute Gasteiger partial charge is 0.341 e. The van der Waals surface area contributed by atoms with Gasteiger partial charge in [0.1, 0.15) is 0 Å². The van der Waals surface area contributed by atoms with Crippen LogP contribution in [0.1, 0.15) is 39.0 Å². The van der Waals surface area contributed by atoms with Crippen LogP contribution >= 0.6 is 0 Å². The highest BCUT2D eigenvalue weighted by atomic mass is 16.2. The van der Waals surface area contributed by atoms with Crippen molar-refractivity contribution < 1.29 is 4.79 Å². The van der Waals surface area contributed by atoms with Crippen molar-refractivity contribution >= 4 is 5.91 Å². The molecule has 3 aliphatic heterocycles. The number of carbonyl (C=O) groups is 1. The van der Waals surface area contributed by atoms with Gasteiger partial charge in [-0.25, -0.2) is 0 Å². The highest BCUT2D eigenvalue weighted by Gasteiger charge is 2.31. The van der Waals surface area contributed by atoms with E-state index in [1.165, 1.54) is 32.4 Å². The van der Waals surface area contributed by atoms with Gasteiger partial charge in [0.05, 0.1) is 6.04 Å². The van der Waals surface area contributed by atoms with Crippen LogP contribution in [0.2, 0.25) is 0 Å². The quantitative estimate of drug-likeness (QED) is 0.775. The Morgan fingerprint density at radius 1 is 0.952 bits per heavy atom. The number of hydrogen-bond donors (Lipinski definition) is 2. The number of nitrogens with one attached hydrogen (secondary N) is 2. The van der Waals surface area contributed by atoms with Crippen molar-refractivity contribution in [2.75, 3.05) is 39.3 Å². The SMILES string of the molecule is CC1CNC(C(=O)N2CCC(N3CCCCC3)CC2)CN1. The average molecular weight is 294 g/mol. The molecule has 0 aromatic carbocycles. The fraction of sp³-hybridized carbons (Fsp3) is 0.938. The number of likely N-dealkylation sites (tertiary alicyclic amines) is 2. The molecule has 5 heteroatoms. The van der Waals surface area contributed by atoms with Gasteiger partial charge in [0.25, 0.3) is 0 Å². The van der Waals surface area contributed by atoms with Crippen molar-refractivity contribution in [2.45, 2.75) is 57.2 Å². The van der Waals surface area contributed by atoms with Crippen LogP contribution in [0.25, 0.3) is 0 Å². The van der Waals surface area contributed by atoms with E-state index in [0.29, 0.717) is 18.0 Å². The van der Waals surface area contributed by atoms with Crippen molar-refractivity contribution in [2.24, 2.45) is 0 Å². The zero-order valence-corrected chi connectivity index (χ0v) is 13.3. The fourth-order valence-electron chi connectivity index (χ4n) is 3.91. The zero-order valence-electron chi connectivity index (χ0n) is 13.3. The molecule has 0 aliphatic carbocycles. The molecule has 120 valence electrons. The van der Waals surface area contributed by atoms with Crippen LogP contribution < -0.4 is 10.6 Å². The van der Waals surface area contributed by atoms with Crippen LogP contribution in [-0.2, 0) is 4.79 Å². The molecule has 3 rings (SSSR count). The highest BCUT2D eigenvalue weighted by molar-refractivity contribution is 5.82. The van der Waals surface area contributed by atoms with Crippen LogP contribution in [0.4, 0.5) is 0 Å². The Labute approximate surface area is 128 Å². The third-order valence-electron chi connectivity index (χ3n) is 5.32. The molecule has 3 aliphatic rings. The number of carbonyl (C=O) groups excluding carboxylic acids is 1. The van der Waals surface area contributed by atoms with Crippen LogP contribution in [0.3, 0.4) is 0 Å². The summed E-state index contributed by atoms with van der Waals surface area (Å²) in [7, 11) is 0. The molecule has 5 nitrogen and oxygen atoms in total. The summed E-state index contributed by atoms with van der Waals surface area (Å²) in [4.78, 5) is 17.3. The van der Waals surface area contributed by atoms with E-state index in [1.54, 1.807) is 0 Å². The molecule has 1 amide bonds. The standard InChI is InChI=1S/C16H30N4O/c1-13-11-18-15(12-17-13)16(21)20-9-5-14(6-10-20)19-7-3-2-4-8-19/h13-15,17-18H,2-12H2,1H3. The van der Waals surface area contributed by atoms with Gasteiger partial charge in [-0.2, -0.15) is 0 Å². The first-order valence-corrected chi connectivity index (χ1v) is 8.73. The van der Waals surface area contributed by atoms with Gasteiger partial charge in [0.15, 0.2) is 0 Å². The average Bonchev–Trinajstić information content (AvgIpc) is 2.56. The van der Waals surface area contributed by atoms with Gasteiger partial charge in [-0.3, -0.25) is 4.79 Å². The summed E-state index contributed by atoms with van der Waals surface area (Å²) in [6.07, 6.45) is 6.42. The summed E-state index contributed by atoms with van der Waals surface area (Å²) in [6, 6.07) is 1.17. The highest BCUT2D eigenvalue weighted by Crippen LogP contribution is 2.21. The predicted octanol–water partition coefficient (Wildman–Crippen LogP) is 0.413. The molecular weight excluding hydrogens is 264 g/mol. The molecule has 2 atom stereocenters. The van der Waals surface area contributed by atoms with Crippen molar-refractivity contribution in [3.8, 4) is 0 Å². The maximum absolute atomic E-state index is 12.6. The fourth-order valence-corrected chi connectivity index (χ4v) is 3.91. The number of piperidine rings is 2. The van der Waals surface area contributed by atoms with E-state index in [1.807, 2.05) is 0 Å². The van der Waals surface area contributed by atoms with E-state index in [4.69, 9.17) is 0 Å². The number of amides is 1. The Hall–Kier alpha value is -0.650. The molecule has 2 unspecified atom stereocenters. The lowest BCUT2D eigenvalue weighted by molar-refractivity contribution is -0.135. The number of hydrogen-bond acceptors (Lipinski definition) is 4. The van der Waals surface area contributed by atoms with Gasteiger partial charge in [0.2, 0.25) is 5.91 Å². The van der Waals surface area contributed by atoms with E-state index >= 15 is 0 Å². The van der Waals surface area contributed by atoms with Gasteiger partial charge in [-0.15, -0.1) is 0 Å². The molecule has 0 saturated carbocycles. The van der Waals surface area contributed by atoms with Crippen molar-refractivity contribution in [3.05, 3.63) is 0 Å². The van der Waals surface area contributed by atoms with Crippen molar-refractivity contribution in [1.29, 1.82) is 0 Å². The van der Waals surface area contributed by atoms with Gasteiger partial charge in [0, 0.05) is 38.3 Å². The number of nitrogens with zero attached hydrogens (tertiary/aromatic N) is 2. The Kier molecular flexibility index (Phi) is 5.14. The first-order valence-electron chi connectivity index (χ1n) is 8.73. The lowest BCUT2D eigenvalue weighted by atomic mass is 9.99. The van der Waals surface area contributed by atoms with Crippen LogP contribution in [-0.4, -0.2) is 73.1 Å². The van der Waals surface area contributed by atoms with Crippen molar-refractivity contribution in [1.82, 2.24) is 20.4 Å². The topological polar surface area (TPSA) is 47.6 Å². The summed E-state index contributed by atoms with van der Waals surface area (Å²) < 4.78 is 0. The van der Waals surface area contributed by atoms with E-state index in [0.717, 1.165) is 39.0 Å². The summed E-state index contributed by atoms with van der Waals surface area (Å²) in [5.74, 6) is 0.298. The third-order valence-corrected chi connectivity index (χ3v) is 5.32. The maximum Gasteiger partial charge on any atom is 0.241 e. The smallest absolute Gasteiger partial charge is 0.241 e. The predicted molar refractivity (Wildman–Crippen MR) is 84.3 cm³/mol. The minimum Gasteiger partial charge on any atom is -0.341 e. The Morgan fingerprint density at radius 2 is 1.67 bits per heavy atom. The minimum absolute atomic E-state index is 0.0206. The van der Waals surface area contributed by atoms with Gasteiger partial charge in [-0.1, -0.05) is 6.42 Å². The molecule has 0 bridgehead atoms. The van der Waals surface area contributed by atoms with E-state index in [2.05, 4.69) is 27.4 Å². The second kappa shape index (κ2) is 7.07. The first-order chi connectivity index (χ1) is 10.2. The van der Waals surface area contributed by atoms with Gasteiger partial charge < -0.3 is 20.4 Å². The Balaban J connectivity index is 1.45. The lowest BCUT2D eigenvalue weighted by Crippen LogP contribution is -2.60. The third kappa shape index (κ3) is 3.76. The summed E-state index contributed by atoms with van der Waals surface area (Å²) >= 11 is 0. The summed E-state index contributed by atoms with van der Waals surface area (Å²) in [5.41, 5.74) is 0. The molecule has 2 N–H and O–H groups in total. The zero-order chi connectivity index (χ0) is 14.7. The molecule has 0 radical (unpaired) electrons. The molecule has 3 heterocycles. The number of piperazine rings is 1. The molecule has 0 aromatic heterocycles. The second-order valence-corrected chi connectivity index (χ2v) is 6.92. The second-order valence-electron chi connectivity index (χ2n) is 6.92. The Bertz CT molecular complexity index is 340.